The average molecular weight is 339 g/mol. The summed E-state index contributed by atoms with van der Waals surface area (Å²) in [5.74, 6) is -0.339. The highest BCUT2D eigenvalue weighted by atomic mass is 32.1. The van der Waals surface area contributed by atoms with Crippen molar-refractivity contribution in [2.24, 2.45) is 0 Å². The van der Waals surface area contributed by atoms with Gasteiger partial charge in [-0.15, -0.1) is 11.3 Å². The Balaban J connectivity index is 2.28. The molecule has 3 amide bonds. The van der Waals surface area contributed by atoms with Crippen LogP contribution in [0.25, 0.3) is 0 Å². The molecule has 7 heteroatoms. The van der Waals surface area contributed by atoms with Crippen LogP contribution in [0, 0.1) is 0 Å². The Kier molecular flexibility index (Phi) is 8.32. The smallest absolute Gasteiger partial charge is 0.261 e. The monoisotopic (exact) mass is 339 g/mol. The summed E-state index contributed by atoms with van der Waals surface area (Å²) >= 11 is 1.38. The number of carbonyl (C=O) groups is 3. The Bertz CT molecular complexity index is 515. The SMILES string of the molecule is CCN(CC(=O)NC(C)C)C(=O)CCCNC(=O)c1cccs1. The molecule has 1 rings (SSSR count). The van der Waals surface area contributed by atoms with E-state index in [2.05, 4.69) is 10.6 Å². The van der Waals surface area contributed by atoms with Crippen LogP contribution in [0.5, 0.6) is 0 Å². The third kappa shape index (κ3) is 7.27. The van der Waals surface area contributed by atoms with Crippen molar-refractivity contribution in [3.8, 4) is 0 Å². The third-order valence-electron chi connectivity index (χ3n) is 3.12. The maximum atomic E-state index is 12.1. The lowest BCUT2D eigenvalue weighted by atomic mass is 10.2. The van der Waals surface area contributed by atoms with E-state index in [-0.39, 0.29) is 30.3 Å². The van der Waals surface area contributed by atoms with E-state index in [0.29, 0.717) is 30.8 Å². The Hall–Kier alpha value is -1.89. The molecule has 6 nitrogen and oxygen atoms in total. The first kappa shape index (κ1) is 19.2. The molecule has 0 saturated heterocycles. The number of thiophene rings is 1. The number of hydrogen-bond donors (Lipinski definition) is 2. The van der Waals surface area contributed by atoms with Crippen LogP contribution in [0.4, 0.5) is 0 Å². The van der Waals surface area contributed by atoms with Crippen molar-refractivity contribution in [1.29, 1.82) is 0 Å². The highest BCUT2D eigenvalue weighted by Gasteiger charge is 2.15. The van der Waals surface area contributed by atoms with Gasteiger partial charge in [0.1, 0.15) is 0 Å². The lowest BCUT2D eigenvalue weighted by Gasteiger charge is -2.21. The maximum absolute atomic E-state index is 12.1. The third-order valence-corrected chi connectivity index (χ3v) is 3.99. The summed E-state index contributed by atoms with van der Waals surface area (Å²) < 4.78 is 0. The molecule has 1 heterocycles. The fourth-order valence-electron chi connectivity index (χ4n) is 2.01. The second-order valence-electron chi connectivity index (χ2n) is 5.47. The molecule has 0 fully saturated rings. The molecule has 0 saturated carbocycles. The Morgan fingerprint density at radius 2 is 2.04 bits per heavy atom. The van der Waals surface area contributed by atoms with Crippen LogP contribution in [-0.4, -0.2) is 48.3 Å². The molecule has 2 N–H and O–H groups in total. The molecule has 0 radical (unpaired) electrons. The molecule has 0 aliphatic rings. The molecule has 0 spiro atoms. The Labute approximate surface area is 141 Å². The number of amides is 3. The predicted molar refractivity (Wildman–Crippen MR) is 91.4 cm³/mol. The Morgan fingerprint density at radius 3 is 2.61 bits per heavy atom. The van der Waals surface area contributed by atoms with Crippen molar-refractivity contribution in [1.82, 2.24) is 15.5 Å². The van der Waals surface area contributed by atoms with Crippen molar-refractivity contribution in [2.75, 3.05) is 19.6 Å². The molecule has 23 heavy (non-hydrogen) atoms. The predicted octanol–water partition coefficient (Wildman–Crippen LogP) is 1.63. The van der Waals surface area contributed by atoms with Crippen LogP contribution in [0.3, 0.4) is 0 Å². The first-order valence-corrected chi connectivity index (χ1v) is 8.70. The molecule has 0 atom stereocenters. The van der Waals surface area contributed by atoms with Crippen LogP contribution in [0.2, 0.25) is 0 Å². The molecule has 0 bridgehead atoms. The second kappa shape index (κ2) is 9.99. The van der Waals surface area contributed by atoms with E-state index in [1.54, 1.807) is 6.07 Å². The zero-order chi connectivity index (χ0) is 17.2. The van der Waals surface area contributed by atoms with Gasteiger partial charge in [0.05, 0.1) is 11.4 Å². The molecule has 0 unspecified atom stereocenters. The van der Waals surface area contributed by atoms with Crippen LogP contribution in [0.1, 0.15) is 43.3 Å². The summed E-state index contributed by atoms with van der Waals surface area (Å²) in [7, 11) is 0. The number of carbonyl (C=O) groups excluding carboxylic acids is 3. The first-order valence-electron chi connectivity index (χ1n) is 7.82. The first-order chi connectivity index (χ1) is 10.9. The normalized spacial score (nSPS) is 10.4. The molecule has 0 aliphatic carbocycles. The van der Waals surface area contributed by atoms with Gasteiger partial charge in [-0.1, -0.05) is 6.07 Å². The fourth-order valence-corrected chi connectivity index (χ4v) is 2.65. The minimum absolute atomic E-state index is 0.0590. The zero-order valence-electron chi connectivity index (χ0n) is 13.9. The quantitative estimate of drug-likeness (QED) is 0.671. The average Bonchev–Trinajstić information content (AvgIpc) is 3.02. The Morgan fingerprint density at radius 1 is 1.30 bits per heavy atom. The lowest BCUT2D eigenvalue weighted by molar-refractivity contribution is -0.136. The highest BCUT2D eigenvalue weighted by Crippen LogP contribution is 2.07. The molecule has 0 aliphatic heterocycles. The van der Waals surface area contributed by atoms with Gasteiger partial charge < -0.3 is 15.5 Å². The summed E-state index contributed by atoms with van der Waals surface area (Å²) in [6, 6.07) is 3.64. The van der Waals surface area contributed by atoms with Crippen molar-refractivity contribution in [3.05, 3.63) is 22.4 Å². The topological polar surface area (TPSA) is 78.5 Å². The van der Waals surface area contributed by atoms with Gasteiger partial charge in [0.25, 0.3) is 5.91 Å². The minimum atomic E-state index is -0.152. The minimum Gasteiger partial charge on any atom is -0.352 e. The maximum Gasteiger partial charge on any atom is 0.261 e. The van der Waals surface area contributed by atoms with Gasteiger partial charge in [-0.25, -0.2) is 0 Å². The molecule has 0 aromatic carbocycles. The van der Waals surface area contributed by atoms with E-state index in [4.69, 9.17) is 0 Å². The number of likely N-dealkylation sites (N-methyl/N-ethyl adjacent to an activating group) is 1. The molecule has 128 valence electrons. The van der Waals surface area contributed by atoms with Gasteiger partial charge >= 0.3 is 0 Å². The van der Waals surface area contributed by atoms with Gasteiger partial charge in [0.2, 0.25) is 11.8 Å². The number of hydrogen-bond acceptors (Lipinski definition) is 4. The summed E-state index contributed by atoms with van der Waals surface area (Å²) in [6.45, 7) is 6.62. The lowest BCUT2D eigenvalue weighted by Crippen LogP contribution is -2.42. The number of nitrogens with one attached hydrogen (secondary N) is 2. The van der Waals surface area contributed by atoms with Crippen LogP contribution in [0.15, 0.2) is 17.5 Å². The molecular weight excluding hydrogens is 314 g/mol. The van der Waals surface area contributed by atoms with Gasteiger partial charge in [-0.3, -0.25) is 14.4 Å². The number of rotatable bonds is 9. The van der Waals surface area contributed by atoms with E-state index in [1.807, 2.05) is 32.2 Å². The summed E-state index contributed by atoms with van der Waals surface area (Å²) in [5.41, 5.74) is 0. The summed E-state index contributed by atoms with van der Waals surface area (Å²) in [6.07, 6.45) is 0.867. The van der Waals surface area contributed by atoms with E-state index < -0.39 is 0 Å². The molecule has 1 aromatic rings. The van der Waals surface area contributed by atoms with Crippen molar-refractivity contribution in [3.63, 3.8) is 0 Å². The van der Waals surface area contributed by atoms with E-state index in [1.165, 1.54) is 16.2 Å². The zero-order valence-corrected chi connectivity index (χ0v) is 14.7. The van der Waals surface area contributed by atoms with Crippen molar-refractivity contribution in [2.45, 2.75) is 39.7 Å². The van der Waals surface area contributed by atoms with Gasteiger partial charge in [-0.2, -0.15) is 0 Å². The highest BCUT2D eigenvalue weighted by molar-refractivity contribution is 7.12. The van der Waals surface area contributed by atoms with Crippen LogP contribution in [-0.2, 0) is 9.59 Å². The van der Waals surface area contributed by atoms with Crippen LogP contribution < -0.4 is 10.6 Å². The van der Waals surface area contributed by atoms with E-state index >= 15 is 0 Å². The number of nitrogens with zero attached hydrogens (tertiary/aromatic N) is 1. The van der Waals surface area contributed by atoms with Gasteiger partial charge in [0, 0.05) is 25.6 Å². The van der Waals surface area contributed by atoms with E-state index in [9.17, 15) is 14.4 Å². The van der Waals surface area contributed by atoms with E-state index in [0.717, 1.165) is 0 Å². The summed E-state index contributed by atoms with van der Waals surface area (Å²) in [5, 5.41) is 7.40. The fraction of sp³-hybridized carbons (Fsp3) is 0.562. The van der Waals surface area contributed by atoms with Crippen molar-refractivity contribution < 1.29 is 14.4 Å². The molecular formula is C16H25N3O3S. The van der Waals surface area contributed by atoms with Gasteiger partial charge in [-0.05, 0) is 38.6 Å². The second-order valence-corrected chi connectivity index (χ2v) is 6.41. The summed E-state index contributed by atoms with van der Waals surface area (Å²) in [4.78, 5) is 37.8. The van der Waals surface area contributed by atoms with Gasteiger partial charge in [0.15, 0.2) is 0 Å². The standard InChI is InChI=1S/C16H25N3O3S/c1-4-19(11-14(20)18-12(2)3)15(21)8-5-9-17-16(22)13-7-6-10-23-13/h6-7,10,12H,4-5,8-9,11H2,1-3H3,(H,17,22)(H,18,20). The van der Waals surface area contributed by atoms with Crippen molar-refractivity contribution >= 4 is 29.1 Å². The largest absolute Gasteiger partial charge is 0.352 e. The van der Waals surface area contributed by atoms with Crippen LogP contribution >= 0.6 is 11.3 Å². The molecule has 1 aromatic heterocycles.